The molecule has 3 aromatic heterocycles. The summed E-state index contributed by atoms with van der Waals surface area (Å²) in [6.07, 6.45) is 0. The van der Waals surface area contributed by atoms with Crippen LogP contribution in [0.15, 0.2) is 218 Å². The first-order valence-electron chi connectivity index (χ1n) is 21.2. The number of nitrogens with zero attached hydrogens (tertiary/aromatic N) is 4. The second-order valence-electron chi connectivity index (χ2n) is 16.1. The zero-order valence-electron chi connectivity index (χ0n) is 33.6. The number of hydrogen-bond donors (Lipinski definition) is 0. The molecule has 0 saturated carbocycles. The summed E-state index contributed by atoms with van der Waals surface area (Å²) in [5, 5.41) is 8.51. The monoisotopic (exact) mass is 788 g/mol. The van der Waals surface area contributed by atoms with Crippen LogP contribution in [0.4, 0.5) is 0 Å². The van der Waals surface area contributed by atoms with Gasteiger partial charge in [-0.15, -0.1) is 0 Å². The lowest BCUT2D eigenvalue weighted by molar-refractivity contribution is 1.10. The lowest BCUT2D eigenvalue weighted by atomic mass is 9.85. The minimum atomic E-state index is 0.934. The number of aromatic nitrogens is 4. The summed E-state index contributed by atoms with van der Waals surface area (Å²) in [7, 11) is 0. The van der Waals surface area contributed by atoms with Crippen molar-refractivity contribution in [2.24, 2.45) is 0 Å². The van der Waals surface area contributed by atoms with Crippen LogP contribution in [0.1, 0.15) is 0 Å². The molecule has 0 spiro atoms. The maximum Gasteiger partial charge on any atom is 0.146 e. The summed E-state index contributed by atoms with van der Waals surface area (Å²) in [5.74, 6) is 0.934. The van der Waals surface area contributed by atoms with E-state index in [0.29, 0.717) is 0 Å². The zero-order valence-corrected chi connectivity index (χ0v) is 33.6. The molecule has 62 heavy (non-hydrogen) atoms. The fourth-order valence-electron chi connectivity index (χ4n) is 9.92. The molecule has 4 nitrogen and oxygen atoms in total. The second-order valence-corrected chi connectivity index (χ2v) is 16.1. The van der Waals surface area contributed by atoms with Crippen molar-refractivity contribution >= 4 is 70.9 Å². The molecule has 288 valence electrons. The second kappa shape index (κ2) is 13.6. The van der Waals surface area contributed by atoms with E-state index in [4.69, 9.17) is 9.97 Å². The van der Waals surface area contributed by atoms with E-state index in [1.165, 1.54) is 71.2 Å². The van der Waals surface area contributed by atoms with Crippen LogP contribution in [0.2, 0.25) is 0 Å². The summed E-state index contributed by atoms with van der Waals surface area (Å²) >= 11 is 0. The topological polar surface area (TPSA) is 35.1 Å². The van der Waals surface area contributed by atoms with Crippen LogP contribution in [0, 0.1) is 0 Å². The zero-order chi connectivity index (χ0) is 40.7. The van der Waals surface area contributed by atoms with Crippen molar-refractivity contribution in [3.8, 4) is 50.5 Å². The molecule has 0 saturated heterocycles. The van der Waals surface area contributed by atoms with Crippen molar-refractivity contribution in [2.75, 3.05) is 0 Å². The normalized spacial score (nSPS) is 11.9. The Hall–Kier alpha value is -8.34. The SMILES string of the molecule is c1ccc(-c2nc3ccccc3n2-c2ccc(-c3c4ccccc4c(-c4ccc(-c5ccc6c7ccccc7n7c8ccccc8nc7c6c5)cc4)c4ccccc34)cc2)cc1. The smallest absolute Gasteiger partial charge is 0.146 e. The van der Waals surface area contributed by atoms with Gasteiger partial charge in [0.25, 0.3) is 0 Å². The predicted octanol–water partition coefficient (Wildman–Crippen LogP) is 15.1. The van der Waals surface area contributed by atoms with Crippen LogP contribution < -0.4 is 0 Å². The van der Waals surface area contributed by atoms with E-state index in [1.807, 2.05) is 6.07 Å². The molecule has 13 rings (SSSR count). The van der Waals surface area contributed by atoms with Crippen LogP contribution in [0.5, 0.6) is 0 Å². The largest absolute Gasteiger partial charge is 0.292 e. The Balaban J connectivity index is 0.930. The van der Waals surface area contributed by atoms with Gasteiger partial charge in [0.1, 0.15) is 11.5 Å². The molecule has 3 heterocycles. The minimum absolute atomic E-state index is 0.934. The van der Waals surface area contributed by atoms with Gasteiger partial charge in [0.05, 0.1) is 27.6 Å². The van der Waals surface area contributed by atoms with Gasteiger partial charge in [0, 0.05) is 22.0 Å². The van der Waals surface area contributed by atoms with Crippen LogP contribution in [-0.4, -0.2) is 18.9 Å². The minimum Gasteiger partial charge on any atom is -0.292 e. The van der Waals surface area contributed by atoms with Gasteiger partial charge in [0.2, 0.25) is 0 Å². The molecule has 0 unspecified atom stereocenters. The fourth-order valence-corrected chi connectivity index (χ4v) is 9.92. The summed E-state index contributed by atoms with van der Waals surface area (Å²) in [4.78, 5) is 10.3. The Bertz CT molecular complexity index is 3840. The Kier molecular flexibility index (Phi) is 7.57. The van der Waals surface area contributed by atoms with Gasteiger partial charge in [0.15, 0.2) is 0 Å². The molecule has 4 heteroatoms. The number of benzene rings is 10. The van der Waals surface area contributed by atoms with Crippen molar-refractivity contribution in [1.29, 1.82) is 0 Å². The Morgan fingerprint density at radius 2 is 0.774 bits per heavy atom. The molecular weight excluding hydrogens is 753 g/mol. The molecule has 0 atom stereocenters. The van der Waals surface area contributed by atoms with Gasteiger partial charge in [-0.3, -0.25) is 8.97 Å². The van der Waals surface area contributed by atoms with Gasteiger partial charge in [-0.1, -0.05) is 170 Å². The Morgan fingerprint density at radius 3 is 1.42 bits per heavy atom. The van der Waals surface area contributed by atoms with Crippen molar-refractivity contribution in [3.63, 3.8) is 0 Å². The van der Waals surface area contributed by atoms with Crippen LogP contribution >= 0.6 is 0 Å². The van der Waals surface area contributed by atoms with E-state index < -0.39 is 0 Å². The highest BCUT2D eigenvalue weighted by Gasteiger charge is 2.19. The lowest BCUT2D eigenvalue weighted by Gasteiger charge is -2.18. The molecule has 0 N–H and O–H groups in total. The number of fused-ring (bicyclic) bond motifs is 11. The van der Waals surface area contributed by atoms with E-state index >= 15 is 0 Å². The van der Waals surface area contributed by atoms with Crippen molar-refractivity contribution in [3.05, 3.63) is 218 Å². The van der Waals surface area contributed by atoms with Gasteiger partial charge in [-0.25, -0.2) is 9.97 Å². The lowest BCUT2D eigenvalue weighted by Crippen LogP contribution is -1.98. The molecule has 0 bridgehead atoms. The molecule has 0 aliphatic rings. The Labute approximate surface area is 357 Å². The summed E-state index contributed by atoms with van der Waals surface area (Å²) < 4.78 is 4.59. The van der Waals surface area contributed by atoms with E-state index in [-0.39, 0.29) is 0 Å². The first-order valence-corrected chi connectivity index (χ1v) is 21.2. The molecule has 0 aliphatic carbocycles. The number of hydrogen-bond acceptors (Lipinski definition) is 2. The standard InChI is InChI=1S/C58H36N4/c1-2-14-40(15-3-1)57-59-50-21-9-12-24-53(50)61(57)42-33-30-39(31-34-42)56-47-19-6-4-17-45(47)55(46-18-5-7-20-48(46)56)38-28-26-37(27-29-38)41-32-35-43-44-16-8-11-23-52(44)62-54-25-13-10-22-51(54)60-58(62)49(43)36-41/h1-36H. The third-order valence-corrected chi connectivity index (χ3v) is 12.7. The molecule has 13 aromatic rings. The summed E-state index contributed by atoms with van der Waals surface area (Å²) in [5.41, 5.74) is 15.7. The first kappa shape index (κ1) is 34.5. The Morgan fingerprint density at radius 1 is 0.290 bits per heavy atom. The number of para-hydroxylation sites is 5. The summed E-state index contributed by atoms with van der Waals surface area (Å²) in [6.45, 7) is 0. The molecule has 10 aromatic carbocycles. The predicted molar refractivity (Wildman–Crippen MR) is 259 cm³/mol. The van der Waals surface area contributed by atoms with Crippen LogP contribution in [-0.2, 0) is 0 Å². The van der Waals surface area contributed by atoms with Gasteiger partial charge >= 0.3 is 0 Å². The molecule has 0 amide bonds. The molecule has 0 aliphatic heterocycles. The van der Waals surface area contributed by atoms with Crippen LogP contribution in [0.25, 0.3) is 121 Å². The first-order chi connectivity index (χ1) is 30.8. The molecule has 0 radical (unpaired) electrons. The van der Waals surface area contributed by atoms with Crippen molar-refractivity contribution < 1.29 is 0 Å². The van der Waals surface area contributed by atoms with Gasteiger partial charge < -0.3 is 0 Å². The average Bonchev–Trinajstić information content (AvgIpc) is 3.94. The fraction of sp³-hybridized carbons (Fsp3) is 0. The number of rotatable bonds is 5. The van der Waals surface area contributed by atoms with Crippen LogP contribution in [0.3, 0.4) is 0 Å². The molecular formula is C58H36N4. The molecule has 0 fully saturated rings. The highest BCUT2D eigenvalue weighted by atomic mass is 15.1. The van der Waals surface area contributed by atoms with E-state index in [1.54, 1.807) is 0 Å². The average molecular weight is 789 g/mol. The number of pyridine rings is 1. The van der Waals surface area contributed by atoms with E-state index in [9.17, 15) is 0 Å². The quantitative estimate of drug-likeness (QED) is 0.129. The van der Waals surface area contributed by atoms with E-state index in [2.05, 4.69) is 221 Å². The van der Waals surface area contributed by atoms with Gasteiger partial charge in [-0.05, 0) is 109 Å². The third kappa shape index (κ3) is 5.20. The van der Waals surface area contributed by atoms with Crippen molar-refractivity contribution in [2.45, 2.75) is 0 Å². The van der Waals surface area contributed by atoms with Gasteiger partial charge in [-0.2, -0.15) is 0 Å². The highest BCUT2D eigenvalue weighted by Crippen LogP contribution is 2.44. The van der Waals surface area contributed by atoms with Crippen molar-refractivity contribution in [1.82, 2.24) is 18.9 Å². The third-order valence-electron chi connectivity index (χ3n) is 12.7. The maximum absolute atomic E-state index is 5.17. The summed E-state index contributed by atoms with van der Waals surface area (Å²) in [6, 6.07) is 78.7. The maximum atomic E-state index is 5.17. The number of imidazole rings is 2. The highest BCUT2D eigenvalue weighted by molar-refractivity contribution is 6.21. The van der Waals surface area contributed by atoms with E-state index in [0.717, 1.165) is 50.2 Å².